The van der Waals surface area contributed by atoms with Crippen molar-refractivity contribution >= 4 is 12.1 Å². The third kappa shape index (κ3) is 9.60. The first-order valence-corrected chi connectivity index (χ1v) is 10.1. The third-order valence-electron chi connectivity index (χ3n) is 4.17. The molecule has 7 heteroatoms. The van der Waals surface area contributed by atoms with E-state index in [1.54, 1.807) is 6.92 Å². The number of nitrogens with zero attached hydrogens (tertiary/aromatic N) is 1. The van der Waals surface area contributed by atoms with Gasteiger partial charge >= 0.3 is 6.09 Å². The number of hydrogen-bond donors (Lipinski definition) is 4. The standard InChI is InChI=1S/C21H36N4O3/c1-5-22-20(23-13-18(15-26)17-10-8-7-9-11-17)24-14-19(12-16(3)4)25-21(27)28-6-2/h7-11,16,18-19,26H,5-6,12-15H2,1-4H3,(H,25,27)(H2,22,23,24). The summed E-state index contributed by atoms with van der Waals surface area (Å²) in [6.45, 7) is 10.1. The summed E-state index contributed by atoms with van der Waals surface area (Å²) in [4.78, 5) is 16.4. The second-order valence-corrected chi connectivity index (χ2v) is 7.08. The molecule has 4 N–H and O–H groups in total. The van der Waals surface area contributed by atoms with E-state index in [1.165, 1.54) is 0 Å². The van der Waals surface area contributed by atoms with E-state index < -0.39 is 6.09 Å². The lowest BCUT2D eigenvalue weighted by atomic mass is 10.0. The van der Waals surface area contributed by atoms with Gasteiger partial charge in [-0.25, -0.2) is 4.79 Å². The van der Waals surface area contributed by atoms with Gasteiger partial charge in [0.1, 0.15) is 0 Å². The molecule has 0 aliphatic rings. The highest BCUT2D eigenvalue weighted by atomic mass is 16.5. The molecule has 0 fully saturated rings. The predicted octanol–water partition coefficient (Wildman–Crippen LogP) is 2.48. The summed E-state index contributed by atoms with van der Waals surface area (Å²) >= 11 is 0. The molecular weight excluding hydrogens is 356 g/mol. The van der Waals surface area contributed by atoms with Crippen LogP contribution in [0, 0.1) is 5.92 Å². The smallest absolute Gasteiger partial charge is 0.407 e. The van der Waals surface area contributed by atoms with E-state index >= 15 is 0 Å². The molecule has 158 valence electrons. The zero-order valence-corrected chi connectivity index (χ0v) is 17.6. The van der Waals surface area contributed by atoms with Gasteiger partial charge in [-0.3, -0.25) is 4.99 Å². The Balaban J connectivity index is 2.71. The lowest BCUT2D eigenvalue weighted by Crippen LogP contribution is -2.47. The predicted molar refractivity (Wildman–Crippen MR) is 114 cm³/mol. The number of amides is 1. The average molecular weight is 393 g/mol. The van der Waals surface area contributed by atoms with Gasteiger partial charge in [-0.2, -0.15) is 0 Å². The fourth-order valence-electron chi connectivity index (χ4n) is 2.86. The molecule has 1 rings (SSSR count). The highest BCUT2D eigenvalue weighted by molar-refractivity contribution is 5.80. The Labute approximate surface area is 169 Å². The number of benzene rings is 1. The number of carbonyl (C=O) groups is 1. The molecule has 1 aromatic carbocycles. The van der Waals surface area contributed by atoms with Crippen molar-refractivity contribution < 1.29 is 14.6 Å². The lowest BCUT2D eigenvalue weighted by molar-refractivity contribution is 0.146. The van der Waals surface area contributed by atoms with Crippen LogP contribution in [-0.4, -0.2) is 56.0 Å². The van der Waals surface area contributed by atoms with Crippen molar-refractivity contribution in [3.8, 4) is 0 Å². The fraction of sp³-hybridized carbons (Fsp3) is 0.619. The van der Waals surface area contributed by atoms with Crippen molar-refractivity contribution in [3.05, 3.63) is 35.9 Å². The van der Waals surface area contributed by atoms with Crippen LogP contribution in [0.25, 0.3) is 0 Å². The van der Waals surface area contributed by atoms with Gasteiger partial charge in [0.15, 0.2) is 5.96 Å². The summed E-state index contributed by atoms with van der Waals surface area (Å²) in [7, 11) is 0. The monoisotopic (exact) mass is 392 g/mol. The van der Waals surface area contributed by atoms with Gasteiger partial charge < -0.3 is 25.8 Å². The molecule has 28 heavy (non-hydrogen) atoms. The number of aliphatic imine (C=N–C) groups is 1. The van der Waals surface area contributed by atoms with Crippen LogP contribution in [0.3, 0.4) is 0 Å². The average Bonchev–Trinajstić information content (AvgIpc) is 2.66. The minimum absolute atomic E-state index is 0.0350. The fourth-order valence-corrected chi connectivity index (χ4v) is 2.86. The maximum absolute atomic E-state index is 11.8. The van der Waals surface area contributed by atoms with E-state index in [9.17, 15) is 9.90 Å². The van der Waals surface area contributed by atoms with Crippen molar-refractivity contribution in [1.29, 1.82) is 0 Å². The normalized spacial score (nSPS) is 13.7. The second kappa shape index (κ2) is 13.8. The first-order valence-electron chi connectivity index (χ1n) is 10.1. The Kier molecular flexibility index (Phi) is 11.7. The Morgan fingerprint density at radius 1 is 1.18 bits per heavy atom. The number of rotatable bonds is 11. The number of carbonyl (C=O) groups excluding carboxylic acids is 1. The number of ether oxygens (including phenoxy) is 1. The van der Waals surface area contributed by atoms with Gasteiger partial charge in [0.25, 0.3) is 0 Å². The van der Waals surface area contributed by atoms with Crippen LogP contribution in [0.4, 0.5) is 4.79 Å². The Hall–Kier alpha value is -2.28. The molecule has 7 nitrogen and oxygen atoms in total. The highest BCUT2D eigenvalue weighted by Crippen LogP contribution is 2.14. The van der Waals surface area contributed by atoms with E-state index in [4.69, 9.17) is 4.74 Å². The first-order chi connectivity index (χ1) is 13.5. The van der Waals surface area contributed by atoms with E-state index in [0.717, 1.165) is 18.5 Å². The summed E-state index contributed by atoms with van der Waals surface area (Å²) in [5.41, 5.74) is 1.06. The SMILES string of the molecule is CCNC(=NCC(CO)c1ccccc1)NCC(CC(C)C)NC(=O)OCC. The Bertz CT molecular complexity index is 578. The number of hydrogen-bond acceptors (Lipinski definition) is 4. The third-order valence-corrected chi connectivity index (χ3v) is 4.17. The minimum Gasteiger partial charge on any atom is -0.450 e. The van der Waals surface area contributed by atoms with Crippen LogP contribution in [0.5, 0.6) is 0 Å². The minimum atomic E-state index is -0.402. The molecule has 2 unspecified atom stereocenters. The molecule has 0 saturated carbocycles. The van der Waals surface area contributed by atoms with E-state index in [0.29, 0.717) is 31.6 Å². The topological polar surface area (TPSA) is 95.0 Å². The molecule has 0 saturated heterocycles. The summed E-state index contributed by atoms with van der Waals surface area (Å²) in [5, 5.41) is 19.1. The lowest BCUT2D eigenvalue weighted by Gasteiger charge is -2.22. The molecule has 2 atom stereocenters. The van der Waals surface area contributed by atoms with E-state index in [2.05, 4.69) is 34.8 Å². The largest absolute Gasteiger partial charge is 0.450 e. The summed E-state index contributed by atoms with van der Waals surface area (Å²) < 4.78 is 5.00. The zero-order chi connectivity index (χ0) is 20.8. The molecule has 0 heterocycles. The van der Waals surface area contributed by atoms with Gasteiger partial charge in [0.05, 0.1) is 19.8 Å². The van der Waals surface area contributed by atoms with Gasteiger partial charge in [-0.15, -0.1) is 0 Å². The molecular formula is C21H36N4O3. The molecule has 0 radical (unpaired) electrons. The molecule has 0 bridgehead atoms. The second-order valence-electron chi connectivity index (χ2n) is 7.08. The van der Waals surface area contributed by atoms with E-state index in [1.807, 2.05) is 37.3 Å². The van der Waals surface area contributed by atoms with Crippen LogP contribution in [0.15, 0.2) is 35.3 Å². The number of alkyl carbamates (subject to hydrolysis) is 1. The van der Waals surface area contributed by atoms with Gasteiger partial charge in [-0.1, -0.05) is 44.2 Å². The maximum Gasteiger partial charge on any atom is 0.407 e. The van der Waals surface area contributed by atoms with E-state index in [-0.39, 0.29) is 18.6 Å². The number of aliphatic hydroxyl groups excluding tert-OH is 1. The molecule has 0 spiro atoms. The van der Waals surface area contributed by atoms with Crippen LogP contribution in [-0.2, 0) is 4.74 Å². The van der Waals surface area contributed by atoms with Crippen molar-refractivity contribution in [2.24, 2.45) is 10.9 Å². The number of aliphatic hydroxyl groups is 1. The summed E-state index contributed by atoms with van der Waals surface area (Å²) in [5.74, 6) is 1.04. The quantitative estimate of drug-likeness (QED) is 0.343. The van der Waals surface area contributed by atoms with Crippen molar-refractivity contribution in [2.75, 3.05) is 32.8 Å². The molecule has 1 amide bonds. The number of guanidine groups is 1. The highest BCUT2D eigenvalue weighted by Gasteiger charge is 2.16. The van der Waals surface area contributed by atoms with Crippen molar-refractivity contribution in [1.82, 2.24) is 16.0 Å². The molecule has 0 aliphatic heterocycles. The van der Waals surface area contributed by atoms with Crippen molar-refractivity contribution in [2.45, 2.75) is 46.1 Å². The molecule has 0 aliphatic carbocycles. The van der Waals surface area contributed by atoms with Crippen LogP contribution < -0.4 is 16.0 Å². The Morgan fingerprint density at radius 2 is 1.89 bits per heavy atom. The van der Waals surface area contributed by atoms with Crippen LogP contribution in [0.1, 0.15) is 45.6 Å². The van der Waals surface area contributed by atoms with Crippen molar-refractivity contribution in [3.63, 3.8) is 0 Å². The first kappa shape index (κ1) is 23.8. The Morgan fingerprint density at radius 3 is 2.46 bits per heavy atom. The van der Waals surface area contributed by atoms with Crippen LogP contribution >= 0.6 is 0 Å². The zero-order valence-electron chi connectivity index (χ0n) is 17.6. The number of nitrogens with one attached hydrogen (secondary N) is 3. The molecule has 0 aromatic heterocycles. The van der Waals surface area contributed by atoms with Crippen LogP contribution in [0.2, 0.25) is 0 Å². The van der Waals surface area contributed by atoms with Gasteiger partial charge in [0, 0.05) is 25.0 Å². The molecule has 1 aromatic rings. The van der Waals surface area contributed by atoms with Gasteiger partial charge in [-0.05, 0) is 31.7 Å². The summed E-state index contributed by atoms with van der Waals surface area (Å²) in [6.07, 6.45) is 0.426. The van der Waals surface area contributed by atoms with Gasteiger partial charge in [0.2, 0.25) is 0 Å². The summed E-state index contributed by atoms with van der Waals surface area (Å²) in [6, 6.07) is 9.81. The maximum atomic E-state index is 11.8.